The number of hydrogen-bond donors (Lipinski definition) is 1. The summed E-state index contributed by atoms with van der Waals surface area (Å²) in [6, 6.07) is 25.4. The van der Waals surface area contributed by atoms with Gasteiger partial charge in [-0.3, -0.25) is 9.59 Å². The van der Waals surface area contributed by atoms with Gasteiger partial charge < -0.3 is 15.0 Å². The van der Waals surface area contributed by atoms with Crippen LogP contribution in [0.25, 0.3) is 0 Å². The predicted octanol–water partition coefficient (Wildman–Crippen LogP) is 6.39. The van der Waals surface area contributed by atoms with E-state index < -0.39 is 6.04 Å². The Balaban J connectivity index is 1.54. The Bertz CT molecular complexity index is 1180. The number of rotatable bonds is 12. The van der Waals surface area contributed by atoms with E-state index in [9.17, 15) is 9.59 Å². The van der Waals surface area contributed by atoms with Gasteiger partial charge in [0.1, 0.15) is 11.8 Å². The molecular formula is C31H35BrN2O3S. The van der Waals surface area contributed by atoms with Crippen molar-refractivity contribution in [3.63, 3.8) is 0 Å². The SMILES string of the molecule is COc1ccc(CSCC(=O)N(Cc2cccc(Br)c2)[C@H](Cc2ccccc2)C(=O)NC2CCCC2)cc1. The number of halogens is 1. The number of hydrogen-bond acceptors (Lipinski definition) is 4. The topological polar surface area (TPSA) is 58.6 Å². The molecule has 3 aromatic carbocycles. The average molecular weight is 596 g/mol. The Morgan fingerprint density at radius 2 is 1.68 bits per heavy atom. The van der Waals surface area contributed by atoms with Gasteiger partial charge in [0.05, 0.1) is 12.9 Å². The Labute approximate surface area is 238 Å². The second-order valence-electron chi connectivity index (χ2n) is 9.69. The van der Waals surface area contributed by atoms with Gasteiger partial charge in [0.2, 0.25) is 11.8 Å². The zero-order valence-corrected chi connectivity index (χ0v) is 24.2. The third kappa shape index (κ3) is 8.37. The van der Waals surface area contributed by atoms with Crippen LogP contribution in [0.3, 0.4) is 0 Å². The molecule has 0 spiro atoms. The summed E-state index contributed by atoms with van der Waals surface area (Å²) in [4.78, 5) is 29.3. The van der Waals surface area contributed by atoms with Crippen molar-refractivity contribution < 1.29 is 14.3 Å². The minimum atomic E-state index is -0.592. The molecule has 4 rings (SSSR count). The summed E-state index contributed by atoms with van der Waals surface area (Å²) in [5, 5.41) is 3.26. The fourth-order valence-electron chi connectivity index (χ4n) is 4.81. The van der Waals surface area contributed by atoms with E-state index in [2.05, 4.69) is 21.2 Å². The van der Waals surface area contributed by atoms with Crippen molar-refractivity contribution in [1.82, 2.24) is 10.2 Å². The molecule has 0 saturated heterocycles. The Morgan fingerprint density at radius 1 is 0.974 bits per heavy atom. The second-order valence-corrected chi connectivity index (χ2v) is 11.6. The first-order chi connectivity index (χ1) is 18.5. The maximum atomic E-state index is 13.8. The normalized spacial score (nSPS) is 14.2. The summed E-state index contributed by atoms with van der Waals surface area (Å²) in [7, 11) is 1.65. The molecule has 1 N–H and O–H groups in total. The van der Waals surface area contributed by atoms with Crippen LogP contribution >= 0.6 is 27.7 Å². The third-order valence-corrected chi connectivity index (χ3v) is 8.35. The Morgan fingerprint density at radius 3 is 2.37 bits per heavy atom. The highest BCUT2D eigenvalue weighted by molar-refractivity contribution is 9.10. The number of carbonyl (C=O) groups is 2. The smallest absolute Gasteiger partial charge is 0.243 e. The number of thioether (sulfide) groups is 1. The number of nitrogens with zero attached hydrogens (tertiary/aromatic N) is 1. The minimum Gasteiger partial charge on any atom is -0.497 e. The van der Waals surface area contributed by atoms with Crippen LogP contribution in [0.4, 0.5) is 0 Å². The van der Waals surface area contributed by atoms with Crippen LogP contribution in [0.2, 0.25) is 0 Å². The second kappa shape index (κ2) is 14.4. The first kappa shape index (κ1) is 28.2. The standard InChI is InChI=1S/C31H35BrN2O3S/c1-37-28-16-14-24(15-17-28)21-38-22-30(35)34(20-25-10-7-11-26(32)18-25)29(19-23-8-3-2-4-9-23)31(36)33-27-12-5-6-13-27/h2-4,7-11,14-18,27,29H,5-6,12-13,19-22H2,1H3,(H,33,36)/t29-/m1/s1. The van der Waals surface area contributed by atoms with E-state index >= 15 is 0 Å². The highest BCUT2D eigenvalue weighted by atomic mass is 79.9. The average Bonchev–Trinajstić information content (AvgIpc) is 3.44. The van der Waals surface area contributed by atoms with E-state index in [-0.39, 0.29) is 17.9 Å². The van der Waals surface area contributed by atoms with Gasteiger partial charge in [-0.2, -0.15) is 0 Å². The lowest BCUT2D eigenvalue weighted by molar-refractivity contribution is -0.139. The van der Waals surface area contributed by atoms with E-state index in [1.165, 1.54) is 0 Å². The monoisotopic (exact) mass is 594 g/mol. The molecule has 0 bridgehead atoms. The number of benzene rings is 3. The first-order valence-corrected chi connectivity index (χ1v) is 15.1. The van der Waals surface area contributed by atoms with Gasteiger partial charge in [0.15, 0.2) is 0 Å². The number of carbonyl (C=O) groups excluding carboxylic acids is 2. The number of ether oxygens (including phenoxy) is 1. The molecule has 7 heteroatoms. The van der Waals surface area contributed by atoms with E-state index in [1.54, 1.807) is 23.8 Å². The quantitative estimate of drug-likeness (QED) is 0.264. The maximum absolute atomic E-state index is 13.8. The highest BCUT2D eigenvalue weighted by Gasteiger charge is 2.32. The lowest BCUT2D eigenvalue weighted by Gasteiger charge is -2.32. The number of amides is 2. The Hall–Kier alpha value is -2.77. The predicted molar refractivity (Wildman–Crippen MR) is 158 cm³/mol. The van der Waals surface area contributed by atoms with Crippen LogP contribution in [0.15, 0.2) is 83.3 Å². The van der Waals surface area contributed by atoms with Crippen LogP contribution in [0, 0.1) is 0 Å². The third-order valence-electron chi connectivity index (χ3n) is 6.87. The lowest BCUT2D eigenvalue weighted by Crippen LogP contribution is -2.52. The molecule has 1 fully saturated rings. The molecule has 0 aliphatic heterocycles. The van der Waals surface area contributed by atoms with Crippen molar-refractivity contribution in [2.75, 3.05) is 12.9 Å². The summed E-state index contributed by atoms with van der Waals surface area (Å²) < 4.78 is 6.19. The fourth-order valence-corrected chi connectivity index (χ4v) is 6.13. The van der Waals surface area contributed by atoms with Crippen molar-refractivity contribution in [2.45, 2.75) is 56.5 Å². The molecule has 3 aromatic rings. The molecule has 0 radical (unpaired) electrons. The molecule has 1 atom stereocenters. The van der Waals surface area contributed by atoms with Gasteiger partial charge >= 0.3 is 0 Å². The van der Waals surface area contributed by atoms with Gasteiger partial charge in [0, 0.05) is 29.2 Å². The van der Waals surface area contributed by atoms with E-state index in [0.29, 0.717) is 24.5 Å². The van der Waals surface area contributed by atoms with E-state index in [0.717, 1.165) is 52.6 Å². The van der Waals surface area contributed by atoms with Gasteiger partial charge in [-0.1, -0.05) is 83.4 Å². The van der Waals surface area contributed by atoms with Gasteiger partial charge in [-0.05, 0) is 53.8 Å². The van der Waals surface area contributed by atoms with Crippen molar-refractivity contribution in [2.24, 2.45) is 0 Å². The molecule has 38 heavy (non-hydrogen) atoms. The van der Waals surface area contributed by atoms with Crippen LogP contribution < -0.4 is 10.1 Å². The van der Waals surface area contributed by atoms with E-state index in [4.69, 9.17) is 4.74 Å². The van der Waals surface area contributed by atoms with Crippen molar-refractivity contribution >= 4 is 39.5 Å². The molecule has 0 heterocycles. The number of methoxy groups -OCH3 is 1. The summed E-state index contributed by atoms with van der Waals surface area (Å²) in [6.45, 7) is 0.372. The molecule has 0 aromatic heterocycles. The molecule has 1 aliphatic rings. The van der Waals surface area contributed by atoms with Crippen LogP contribution in [0.1, 0.15) is 42.4 Å². The summed E-state index contributed by atoms with van der Waals surface area (Å²) >= 11 is 5.11. The van der Waals surface area contributed by atoms with Crippen molar-refractivity contribution in [3.05, 3.63) is 100 Å². The summed E-state index contributed by atoms with van der Waals surface area (Å²) in [6.07, 6.45) is 4.75. The zero-order chi connectivity index (χ0) is 26.7. The lowest BCUT2D eigenvalue weighted by atomic mass is 10.0. The van der Waals surface area contributed by atoms with Crippen molar-refractivity contribution in [1.29, 1.82) is 0 Å². The van der Waals surface area contributed by atoms with Crippen LogP contribution in [-0.2, 0) is 28.3 Å². The van der Waals surface area contributed by atoms with E-state index in [1.807, 2.05) is 78.9 Å². The molecule has 2 amide bonds. The van der Waals surface area contributed by atoms with Crippen molar-refractivity contribution in [3.8, 4) is 5.75 Å². The van der Waals surface area contributed by atoms with Gasteiger partial charge in [-0.15, -0.1) is 11.8 Å². The molecule has 5 nitrogen and oxygen atoms in total. The van der Waals surface area contributed by atoms with Gasteiger partial charge in [0.25, 0.3) is 0 Å². The maximum Gasteiger partial charge on any atom is 0.243 e. The van der Waals surface area contributed by atoms with Crippen LogP contribution in [0.5, 0.6) is 5.75 Å². The minimum absolute atomic E-state index is 0.0361. The number of nitrogens with one attached hydrogen (secondary N) is 1. The van der Waals surface area contributed by atoms with Gasteiger partial charge in [-0.25, -0.2) is 0 Å². The largest absolute Gasteiger partial charge is 0.497 e. The molecule has 200 valence electrons. The molecule has 0 unspecified atom stereocenters. The van der Waals surface area contributed by atoms with Crippen LogP contribution in [-0.4, -0.2) is 41.7 Å². The fraction of sp³-hybridized carbons (Fsp3) is 0.355. The molecule has 1 saturated carbocycles. The summed E-state index contributed by atoms with van der Waals surface area (Å²) in [5.74, 6) is 1.71. The molecule has 1 aliphatic carbocycles. The highest BCUT2D eigenvalue weighted by Crippen LogP contribution is 2.23. The first-order valence-electron chi connectivity index (χ1n) is 13.1. The molecular weight excluding hydrogens is 560 g/mol. The zero-order valence-electron chi connectivity index (χ0n) is 21.8. The Kier molecular flexibility index (Phi) is 10.7. The summed E-state index contributed by atoms with van der Waals surface area (Å²) in [5.41, 5.74) is 3.15.